The second-order valence-corrected chi connectivity index (χ2v) is 7.61. The van der Waals surface area contributed by atoms with Crippen LogP contribution in [0.25, 0.3) is 0 Å². The first-order valence-electron chi connectivity index (χ1n) is 8.74. The number of hydrogen-bond acceptors (Lipinski definition) is 5. The first-order chi connectivity index (χ1) is 12.1. The number of ether oxygens (including phenoxy) is 1. The Hall–Kier alpha value is -1.92. The van der Waals surface area contributed by atoms with Crippen LogP contribution in [0, 0.1) is 12.8 Å². The van der Waals surface area contributed by atoms with E-state index in [-0.39, 0.29) is 12.5 Å². The molecule has 134 valence electrons. The Morgan fingerprint density at radius 1 is 1.40 bits per heavy atom. The number of aryl methyl sites for hydroxylation is 1. The molecule has 3 rings (SSSR count). The molecular weight excluding hydrogens is 334 g/mol. The van der Waals surface area contributed by atoms with E-state index in [4.69, 9.17) is 4.74 Å². The summed E-state index contributed by atoms with van der Waals surface area (Å²) in [7, 11) is 0. The van der Waals surface area contributed by atoms with Gasteiger partial charge in [0.15, 0.2) is 11.7 Å². The number of benzene rings is 1. The molecule has 6 heteroatoms. The Bertz CT molecular complexity index is 708. The molecule has 0 atom stereocenters. The highest BCUT2D eigenvalue weighted by molar-refractivity contribution is 7.13. The van der Waals surface area contributed by atoms with Gasteiger partial charge in [-0.3, -0.25) is 15.0 Å². The van der Waals surface area contributed by atoms with Crippen molar-refractivity contribution in [1.29, 1.82) is 0 Å². The summed E-state index contributed by atoms with van der Waals surface area (Å²) in [5.41, 5.74) is 2.13. The van der Waals surface area contributed by atoms with E-state index >= 15 is 0 Å². The van der Waals surface area contributed by atoms with E-state index in [1.54, 1.807) is 0 Å². The molecule has 5 nitrogen and oxygen atoms in total. The second-order valence-electron chi connectivity index (χ2n) is 6.76. The van der Waals surface area contributed by atoms with Crippen LogP contribution in [0.3, 0.4) is 0 Å². The fraction of sp³-hybridized carbons (Fsp3) is 0.474. The second kappa shape index (κ2) is 8.45. The lowest BCUT2D eigenvalue weighted by molar-refractivity contribution is -0.118. The third-order valence-electron chi connectivity index (χ3n) is 4.42. The van der Waals surface area contributed by atoms with Crippen LogP contribution in [0.15, 0.2) is 29.6 Å². The number of aromatic nitrogens is 1. The third kappa shape index (κ3) is 5.54. The minimum absolute atomic E-state index is 0.0115. The highest BCUT2D eigenvalue weighted by Gasteiger charge is 2.17. The summed E-state index contributed by atoms with van der Waals surface area (Å²) in [6.07, 6.45) is 2.51. The number of rotatable bonds is 6. The van der Waals surface area contributed by atoms with E-state index in [0.29, 0.717) is 10.9 Å². The Balaban J connectivity index is 1.45. The molecule has 1 N–H and O–H groups in total. The van der Waals surface area contributed by atoms with Crippen LogP contribution in [0.4, 0.5) is 5.13 Å². The fourth-order valence-electron chi connectivity index (χ4n) is 2.90. The number of amides is 1. The summed E-state index contributed by atoms with van der Waals surface area (Å²) in [6, 6.07) is 7.67. The van der Waals surface area contributed by atoms with Crippen LogP contribution in [-0.2, 0) is 11.3 Å². The number of likely N-dealkylation sites (tertiary alicyclic amines) is 1. The van der Waals surface area contributed by atoms with Gasteiger partial charge in [0.2, 0.25) is 0 Å². The maximum atomic E-state index is 12.0. The van der Waals surface area contributed by atoms with Gasteiger partial charge in [0.1, 0.15) is 5.75 Å². The zero-order valence-corrected chi connectivity index (χ0v) is 15.6. The first kappa shape index (κ1) is 17.9. The molecule has 1 aliphatic heterocycles. The maximum Gasteiger partial charge on any atom is 0.264 e. The summed E-state index contributed by atoms with van der Waals surface area (Å²) in [5.74, 6) is 1.35. The average Bonchev–Trinajstić information content (AvgIpc) is 3.02. The summed E-state index contributed by atoms with van der Waals surface area (Å²) in [4.78, 5) is 19.0. The molecule has 0 saturated carbocycles. The van der Waals surface area contributed by atoms with Crippen LogP contribution < -0.4 is 10.1 Å². The van der Waals surface area contributed by atoms with Gasteiger partial charge < -0.3 is 4.74 Å². The van der Waals surface area contributed by atoms with Crippen molar-refractivity contribution in [2.24, 2.45) is 5.92 Å². The number of anilines is 1. The van der Waals surface area contributed by atoms with Gasteiger partial charge >= 0.3 is 0 Å². The molecule has 0 radical (unpaired) electrons. The lowest BCUT2D eigenvalue weighted by Crippen LogP contribution is -2.32. The quantitative estimate of drug-likeness (QED) is 0.854. The smallest absolute Gasteiger partial charge is 0.264 e. The highest BCUT2D eigenvalue weighted by atomic mass is 32.1. The molecule has 1 saturated heterocycles. The third-order valence-corrected chi connectivity index (χ3v) is 5.23. The van der Waals surface area contributed by atoms with E-state index in [2.05, 4.69) is 22.1 Å². The van der Waals surface area contributed by atoms with E-state index in [9.17, 15) is 4.79 Å². The summed E-state index contributed by atoms with van der Waals surface area (Å²) in [5, 5.41) is 5.48. The molecule has 1 fully saturated rings. The van der Waals surface area contributed by atoms with Crippen LogP contribution in [0.5, 0.6) is 5.75 Å². The largest absolute Gasteiger partial charge is 0.484 e. The summed E-state index contributed by atoms with van der Waals surface area (Å²) < 4.78 is 5.52. The number of thiazole rings is 1. The maximum absolute atomic E-state index is 12.0. The zero-order chi connectivity index (χ0) is 17.6. The number of carbonyl (C=O) groups is 1. The molecule has 1 amide bonds. The zero-order valence-electron chi connectivity index (χ0n) is 14.8. The monoisotopic (exact) mass is 359 g/mol. The van der Waals surface area contributed by atoms with Gasteiger partial charge in [-0.25, -0.2) is 4.98 Å². The van der Waals surface area contributed by atoms with E-state index in [1.165, 1.54) is 24.2 Å². The van der Waals surface area contributed by atoms with Gasteiger partial charge in [-0.2, -0.15) is 0 Å². The van der Waals surface area contributed by atoms with Crippen molar-refractivity contribution < 1.29 is 9.53 Å². The summed E-state index contributed by atoms with van der Waals surface area (Å²) in [6.45, 7) is 7.41. The van der Waals surface area contributed by atoms with Crippen molar-refractivity contribution >= 4 is 22.4 Å². The Kier molecular flexibility index (Phi) is 6.04. The molecule has 0 aliphatic carbocycles. The van der Waals surface area contributed by atoms with E-state index in [1.807, 2.05) is 36.6 Å². The topological polar surface area (TPSA) is 54.5 Å². The van der Waals surface area contributed by atoms with Crippen molar-refractivity contribution in [2.75, 3.05) is 25.0 Å². The minimum atomic E-state index is -0.186. The van der Waals surface area contributed by atoms with Gasteiger partial charge in [0.05, 0.1) is 5.69 Å². The lowest BCUT2D eigenvalue weighted by atomic mass is 9.99. The minimum Gasteiger partial charge on any atom is -0.484 e. The van der Waals surface area contributed by atoms with Crippen molar-refractivity contribution in [3.05, 3.63) is 40.9 Å². The molecule has 1 aromatic carbocycles. The number of piperidine rings is 1. The number of nitrogens with zero attached hydrogens (tertiary/aromatic N) is 2. The normalized spacial score (nSPS) is 15.9. The Morgan fingerprint density at radius 2 is 2.20 bits per heavy atom. The van der Waals surface area contributed by atoms with Gasteiger partial charge in [-0.1, -0.05) is 19.1 Å². The first-order valence-corrected chi connectivity index (χ1v) is 9.62. The van der Waals surface area contributed by atoms with Gasteiger partial charge in [-0.15, -0.1) is 11.3 Å². The van der Waals surface area contributed by atoms with Crippen molar-refractivity contribution in [3.8, 4) is 5.75 Å². The fourth-order valence-corrected chi connectivity index (χ4v) is 3.61. The molecule has 25 heavy (non-hydrogen) atoms. The van der Waals surface area contributed by atoms with Gasteiger partial charge in [0, 0.05) is 11.9 Å². The van der Waals surface area contributed by atoms with Crippen LogP contribution in [0.2, 0.25) is 0 Å². The Morgan fingerprint density at radius 3 is 2.96 bits per heavy atom. The molecular formula is C19H25N3O2S. The lowest BCUT2D eigenvalue weighted by Gasteiger charge is -2.29. The standard InChI is InChI=1S/C19H25N3O2S/c1-14-6-8-22(9-7-14)11-16-13-25-19(20-16)21-18(23)12-24-17-5-3-4-15(2)10-17/h3-5,10,13-14H,6-9,11-12H2,1-2H3,(H,20,21,23). The van der Waals surface area contributed by atoms with Crippen molar-refractivity contribution in [1.82, 2.24) is 9.88 Å². The predicted octanol–water partition coefficient (Wildman–Crippen LogP) is 3.70. The molecule has 2 aromatic rings. The van der Waals surface area contributed by atoms with Gasteiger partial charge in [-0.05, 0) is 56.5 Å². The number of nitrogens with one attached hydrogen (secondary N) is 1. The van der Waals surface area contributed by atoms with Gasteiger partial charge in [0.25, 0.3) is 5.91 Å². The van der Waals surface area contributed by atoms with E-state index in [0.717, 1.165) is 36.8 Å². The highest BCUT2D eigenvalue weighted by Crippen LogP contribution is 2.21. The van der Waals surface area contributed by atoms with E-state index < -0.39 is 0 Å². The SMILES string of the molecule is Cc1cccc(OCC(=O)Nc2nc(CN3CCC(C)CC3)cs2)c1. The van der Waals surface area contributed by atoms with Crippen LogP contribution in [-0.4, -0.2) is 35.5 Å². The molecule has 0 unspecified atom stereocenters. The molecule has 1 aromatic heterocycles. The number of carbonyl (C=O) groups excluding carboxylic acids is 1. The molecule has 2 heterocycles. The predicted molar refractivity (Wildman–Crippen MR) is 101 cm³/mol. The summed E-state index contributed by atoms with van der Waals surface area (Å²) >= 11 is 1.47. The molecule has 0 spiro atoms. The Labute approximate surface area is 153 Å². The van der Waals surface area contributed by atoms with Crippen molar-refractivity contribution in [3.63, 3.8) is 0 Å². The average molecular weight is 359 g/mol. The molecule has 0 bridgehead atoms. The van der Waals surface area contributed by atoms with Crippen molar-refractivity contribution in [2.45, 2.75) is 33.2 Å². The van der Waals surface area contributed by atoms with Crippen LogP contribution >= 0.6 is 11.3 Å². The van der Waals surface area contributed by atoms with Crippen LogP contribution in [0.1, 0.15) is 31.0 Å². The number of hydrogen-bond donors (Lipinski definition) is 1. The molecule has 1 aliphatic rings.